The predicted octanol–water partition coefficient (Wildman–Crippen LogP) is 4.57. The summed E-state index contributed by atoms with van der Waals surface area (Å²) in [6, 6.07) is 11.6. The molecular formula is C18H29N. The van der Waals surface area contributed by atoms with E-state index >= 15 is 0 Å². The average Bonchev–Trinajstić information content (AvgIpc) is 2.45. The molecule has 19 heavy (non-hydrogen) atoms. The van der Waals surface area contributed by atoms with Crippen molar-refractivity contribution in [1.82, 2.24) is 5.32 Å². The fraction of sp³-hybridized carbons (Fsp3) is 0.667. The van der Waals surface area contributed by atoms with E-state index in [0.717, 1.165) is 0 Å². The van der Waals surface area contributed by atoms with Gasteiger partial charge in [0.2, 0.25) is 0 Å². The largest absolute Gasteiger partial charge is 0.316 e. The second-order valence-corrected chi connectivity index (χ2v) is 6.43. The molecule has 0 aliphatic heterocycles. The summed E-state index contributed by atoms with van der Waals surface area (Å²) in [5.74, 6) is 0. The van der Waals surface area contributed by atoms with Gasteiger partial charge in [0.05, 0.1) is 0 Å². The summed E-state index contributed by atoms with van der Waals surface area (Å²) in [4.78, 5) is 0. The Labute approximate surface area is 118 Å². The van der Waals surface area contributed by atoms with E-state index in [1.807, 2.05) is 0 Å². The molecule has 1 saturated carbocycles. The zero-order valence-corrected chi connectivity index (χ0v) is 12.6. The predicted molar refractivity (Wildman–Crippen MR) is 83.4 cm³/mol. The van der Waals surface area contributed by atoms with Crippen molar-refractivity contribution in [3.05, 3.63) is 35.9 Å². The van der Waals surface area contributed by atoms with Crippen molar-refractivity contribution in [3.63, 3.8) is 0 Å². The second kappa shape index (κ2) is 7.09. The van der Waals surface area contributed by atoms with Crippen molar-refractivity contribution in [3.8, 4) is 0 Å². The van der Waals surface area contributed by atoms with Crippen molar-refractivity contribution in [2.24, 2.45) is 5.41 Å². The van der Waals surface area contributed by atoms with Crippen LogP contribution in [0.2, 0.25) is 0 Å². The van der Waals surface area contributed by atoms with E-state index < -0.39 is 0 Å². The minimum Gasteiger partial charge on any atom is -0.316 e. The summed E-state index contributed by atoms with van der Waals surface area (Å²) in [7, 11) is 2.15. The minimum absolute atomic E-state index is 0.531. The molecule has 1 nitrogen and oxygen atoms in total. The lowest BCUT2D eigenvalue weighted by Crippen LogP contribution is -2.43. The van der Waals surface area contributed by atoms with Crippen molar-refractivity contribution in [2.45, 2.75) is 64.3 Å². The van der Waals surface area contributed by atoms with Crippen molar-refractivity contribution in [1.29, 1.82) is 0 Å². The number of nitrogens with one attached hydrogen (secondary N) is 1. The molecule has 1 aromatic carbocycles. The highest BCUT2D eigenvalue weighted by atomic mass is 14.9. The number of hydrogen-bond acceptors (Lipinski definition) is 1. The Morgan fingerprint density at radius 1 is 1.11 bits per heavy atom. The smallest absolute Gasteiger partial charge is 0.0118 e. The first-order chi connectivity index (χ1) is 9.24. The third-order valence-corrected chi connectivity index (χ3v) is 4.99. The lowest BCUT2D eigenvalue weighted by Gasteiger charge is -2.41. The van der Waals surface area contributed by atoms with Gasteiger partial charge in [-0.15, -0.1) is 0 Å². The van der Waals surface area contributed by atoms with E-state index in [2.05, 4.69) is 49.6 Å². The summed E-state index contributed by atoms with van der Waals surface area (Å²) < 4.78 is 0. The van der Waals surface area contributed by atoms with Crippen LogP contribution in [0.15, 0.2) is 30.3 Å². The van der Waals surface area contributed by atoms with Crippen LogP contribution in [0.5, 0.6) is 0 Å². The van der Waals surface area contributed by atoms with E-state index in [1.54, 1.807) is 0 Å². The highest BCUT2D eigenvalue weighted by molar-refractivity contribution is 5.14. The Morgan fingerprint density at radius 3 is 2.42 bits per heavy atom. The van der Waals surface area contributed by atoms with Crippen LogP contribution in [0.4, 0.5) is 0 Å². The van der Waals surface area contributed by atoms with Gasteiger partial charge < -0.3 is 5.32 Å². The van der Waals surface area contributed by atoms with Gasteiger partial charge >= 0.3 is 0 Å². The monoisotopic (exact) mass is 259 g/mol. The summed E-state index contributed by atoms with van der Waals surface area (Å²) in [5, 5.41) is 3.60. The summed E-state index contributed by atoms with van der Waals surface area (Å²) >= 11 is 0. The number of rotatable bonds is 6. The first-order valence-electron chi connectivity index (χ1n) is 7.96. The Kier molecular flexibility index (Phi) is 5.45. The fourth-order valence-electron chi connectivity index (χ4n) is 3.70. The quantitative estimate of drug-likeness (QED) is 0.789. The maximum atomic E-state index is 3.60. The topological polar surface area (TPSA) is 12.0 Å². The van der Waals surface area contributed by atoms with E-state index in [4.69, 9.17) is 0 Å². The van der Waals surface area contributed by atoms with Crippen LogP contribution in [0.3, 0.4) is 0 Å². The molecule has 1 heteroatoms. The van der Waals surface area contributed by atoms with E-state index in [0.29, 0.717) is 11.5 Å². The Balaban J connectivity index is 1.82. The van der Waals surface area contributed by atoms with Crippen LogP contribution >= 0.6 is 0 Å². The Hall–Kier alpha value is -0.820. The van der Waals surface area contributed by atoms with Crippen molar-refractivity contribution >= 4 is 0 Å². The molecule has 0 spiro atoms. The van der Waals surface area contributed by atoms with Gasteiger partial charge in [0, 0.05) is 6.04 Å². The average molecular weight is 259 g/mol. The molecule has 2 rings (SSSR count). The molecule has 1 aliphatic rings. The van der Waals surface area contributed by atoms with Gasteiger partial charge in [-0.1, -0.05) is 56.5 Å². The molecule has 106 valence electrons. The maximum absolute atomic E-state index is 3.60. The first kappa shape index (κ1) is 14.6. The van der Waals surface area contributed by atoms with Crippen LogP contribution < -0.4 is 5.32 Å². The molecule has 0 bridgehead atoms. The molecule has 1 fully saturated rings. The number of benzene rings is 1. The Morgan fingerprint density at radius 2 is 1.79 bits per heavy atom. The van der Waals surface area contributed by atoms with E-state index in [9.17, 15) is 0 Å². The van der Waals surface area contributed by atoms with E-state index in [1.165, 1.54) is 56.9 Å². The third kappa shape index (κ3) is 4.07. The molecule has 0 amide bonds. The van der Waals surface area contributed by atoms with Crippen LogP contribution in [0.1, 0.15) is 57.4 Å². The normalized spacial score (nSPS) is 20.1. The summed E-state index contributed by atoms with van der Waals surface area (Å²) in [5.41, 5.74) is 2.01. The van der Waals surface area contributed by atoms with Crippen LogP contribution in [0.25, 0.3) is 0 Å². The standard InChI is InChI=1S/C18H29N/c1-18(14-7-4-8-15-18)17(19-2)13-9-12-16-10-5-3-6-11-16/h3,5-6,10-11,17,19H,4,7-9,12-15H2,1-2H3. The lowest BCUT2D eigenvalue weighted by atomic mass is 9.69. The molecule has 1 unspecified atom stereocenters. The molecule has 0 aromatic heterocycles. The summed E-state index contributed by atoms with van der Waals surface area (Å²) in [6.07, 6.45) is 10.9. The lowest BCUT2D eigenvalue weighted by molar-refractivity contribution is 0.141. The van der Waals surface area contributed by atoms with Crippen LogP contribution in [-0.4, -0.2) is 13.1 Å². The van der Waals surface area contributed by atoms with Crippen LogP contribution in [-0.2, 0) is 6.42 Å². The van der Waals surface area contributed by atoms with Gasteiger partial charge in [0.1, 0.15) is 0 Å². The van der Waals surface area contributed by atoms with Gasteiger partial charge in [0.25, 0.3) is 0 Å². The van der Waals surface area contributed by atoms with E-state index in [-0.39, 0.29) is 0 Å². The van der Waals surface area contributed by atoms with Gasteiger partial charge in [-0.25, -0.2) is 0 Å². The van der Waals surface area contributed by atoms with Crippen LogP contribution in [0, 0.1) is 5.41 Å². The molecule has 0 heterocycles. The maximum Gasteiger partial charge on any atom is 0.0118 e. The fourth-order valence-corrected chi connectivity index (χ4v) is 3.70. The van der Waals surface area contributed by atoms with Crippen molar-refractivity contribution in [2.75, 3.05) is 7.05 Å². The minimum atomic E-state index is 0.531. The molecular weight excluding hydrogens is 230 g/mol. The van der Waals surface area contributed by atoms with Gasteiger partial charge in [-0.05, 0) is 50.1 Å². The number of hydrogen-bond donors (Lipinski definition) is 1. The second-order valence-electron chi connectivity index (χ2n) is 6.43. The highest BCUT2D eigenvalue weighted by Crippen LogP contribution is 2.40. The zero-order valence-electron chi connectivity index (χ0n) is 12.6. The highest BCUT2D eigenvalue weighted by Gasteiger charge is 2.33. The van der Waals surface area contributed by atoms with Gasteiger partial charge in [0.15, 0.2) is 0 Å². The molecule has 1 aromatic rings. The SMILES string of the molecule is CNC(CCCc1ccccc1)C1(C)CCCCC1. The summed E-state index contributed by atoms with van der Waals surface area (Å²) in [6.45, 7) is 2.50. The number of aryl methyl sites for hydroxylation is 1. The third-order valence-electron chi connectivity index (χ3n) is 4.99. The van der Waals surface area contributed by atoms with Gasteiger partial charge in [-0.3, -0.25) is 0 Å². The molecule has 1 atom stereocenters. The molecule has 0 radical (unpaired) electrons. The van der Waals surface area contributed by atoms with Crippen molar-refractivity contribution < 1.29 is 0 Å². The first-order valence-corrected chi connectivity index (χ1v) is 7.96. The zero-order chi connectivity index (χ0) is 13.6. The Bertz CT molecular complexity index is 351. The molecule has 0 saturated heterocycles. The molecule has 1 aliphatic carbocycles. The van der Waals surface area contributed by atoms with Gasteiger partial charge in [-0.2, -0.15) is 0 Å². The molecule has 1 N–H and O–H groups in total.